The average Bonchev–Trinajstić information content (AvgIpc) is 2.73. The smallest absolute Gasteiger partial charge is 0.406 e. The van der Waals surface area contributed by atoms with E-state index in [1.807, 2.05) is 20.8 Å². The monoisotopic (exact) mass is 435 g/mol. The molecule has 0 saturated heterocycles. The quantitative estimate of drug-likeness (QED) is 0.536. The summed E-state index contributed by atoms with van der Waals surface area (Å²) in [5, 5.41) is 11.7. The molecule has 5 nitrogen and oxygen atoms in total. The topological polar surface area (TPSA) is 68.1 Å². The second kappa shape index (κ2) is 8.22. The van der Waals surface area contributed by atoms with Crippen molar-refractivity contribution in [3.8, 4) is 16.9 Å². The Bertz CT molecular complexity index is 1040. The van der Waals surface area contributed by atoms with Crippen LogP contribution in [0.4, 0.5) is 17.6 Å². The van der Waals surface area contributed by atoms with E-state index in [1.165, 1.54) is 31.0 Å². The number of hydrogen-bond donors (Lipinski definition) is 1. The summed E-state index contributed by atoms with van der Waals surface area (Å²) in [7, 11) is 0. The zero-order chi connectivity index (χ0) is 22.9. The van der Waals surface area contributed by atoms with E-state index >= 15 is 0 Å². The number of alkyl halides is 3. The number of benzene rings is 1. The summed E-state index contributed by atoms with van der Waals surface area (Å²) in [6, 6.07) is 5.97. The van der Waals surface area contributed by atoms with Gasteiger partial charge in [0.1, 0.15) is 23.5 Å². The summed E-state index contributed by atoms with van der Waals surface area (Å²) in [6.45, 7) is 5.70. The Hall–Kier alpha value is -3.07. The Morgan fingerprint density at radius 3 is 2.19 bits per heavy atom. The second-order valence-electron chi connectivity index (χ2n) is 7.70. The van der Waals surface area contributed by atoms with Gasteiger partial charge >= 0.3 is 6.36 Å². The van der Waals surface area contributed by atoms with Crippen molar-refractivity contribution in [3.05, 3.63) is 72.3 Å². The minimum Gasteiger partial charge on any atom is -0.406 e. The van der Waals surface area contributed by atoms with E-state index < -0.39 is 28.9 Å². The molecule has 31 heavy (non-hydrogen) atoms. The number of hydrogen-bond acceptors (Lipinski definition) is 5. The lowest BCUT2D eigenvalue weighted by Crippen LogP contribution is -2.43. The first-order valence-corrected chi connectivity index (χ1v) is 9.48. The second-order valence-corrected chi connectivity index (χ2v) is 7.70. The Morgan fingerprint density at radius 1 is 1.00 bits per heavy atom. The largest absolute Gasteiger partial charge is 0.573 e. The van der Waals surface area contributed by atoms with Gasteiger partial charge in [-0.2, -0.15) is 0 Å². The molecule has 1 aromatic carbocycles. The van der Waals surface area contributed by atoms with Gasteiger partial charge in [-0.1, -0.05) is 26.8 Å². The van der Waals surface area contributed by atoms with Crippen LogP contribution in [0.15, 0.2) is 55.2 Å². The van der Waals surface area contributed by atoms with Gasteiger partial charge in [-0.3, -0.25) is 4.98 Å². The van der Waals surface area contributed by atoms with Gasteiger partial charge in [0.25, 0.3) is 0 Å². The third-order valence-electron chi connectivity index (χ3n) is 5.46. The highest BCUT2D eigenvalue weighted by atomic mass is 19.4. The summed E-state index contributed by atoms with van der Waals surface area (Å²) in [5.74, 6) is -1.54. The van der Waals surface area contributed by atoms with Crippen molar-refractivity contribution in [2.45, 2.75) is 39.2 Å². The van der Waals surface area contributed by atoms with Crippen LogP contribution in [-0.2, 0) is 5.60 Å². The molecule has 164 valence electrons. The maximum atomic E-state index is 14.4. The molecule has 0 bridgehead atoms. The van der Waals surface area contributed by atoms with Crippen LogP contribution < -0.4 is 4.74 Å². The highest BCUT2D eigenvalue weighted by molar-refractivity contribution is 5.64. The van der Waals surface area contributed by atoms with Crippen LogP contribution in [0.2, 0.25) is 0 Å². The molecule has 0 aliphatic carbocycles. The van der Waals surface area contributed by atoms with Crippen LogP contribution in [0.1, 0.15) is 38.4 Å². The molecule has 0 spiro atoms. The lowest BCUT2D eigenvalue weighted by molar-refractivity contribution is -0.274. The minimum atomic E-state index is -4.91. The summed E-state index contributed by atoms with van der Waals surface area (Å²) in [6.07, 6.45) is 1.44. The predicted molar refractivity (Wildman–Crippen MR) is 105 cm³/mol. The molecular weight excluding hydrogens is 414 g/mol. The fraction of sp³-hybridized carbons (Fsp3) is 0.318. The lowest BCUT2D eigenvalue weighted by Gasteiger charge is -2.41. The number of rotatable bonds is 6. The zero-order valence-corrected chi connectivity index (χ0v) is 17.1. The number of aliphatic hydroxyl groups is 1. The van der Waals surface area contributed by atoms with Gasteiger partial charge in [-0.15, -0.1) is 13.2 Å². The maximum Gasteiger partial charge on any atom is 0.573 e. The Balaban J connectivity index is 2.00. The van der Waals surface area contributed by atoms with Crippen molar-refractivity contribution >= 4 is 0 Å². The van der Waals surface area contributed by atoms with E-state index in [0.717, 1.165) is 6.07 Å². The van der Waals surface area contributed by atoms with E-state index in [0.29, 0.717) is 29.3 Å². The van der Waals surface area contributed by atoms with Crippen molar-refractivity contribution in [1.29, 1.82) is 0 Å². The van der Waals surface area contributed by atoms with E-state index in [-0.39, 0.29) is 5.56 Å². The number of aromatic nitrogens is 3. The van der Waals surface area contributed by atoms with E-state index in [9.17, 15) is 22.7 Å². The van der Waals surface area contributed by atoms with Crippen LogP contribution in [0.25, 0.3) is 11.1 Å². The van der Waals surface area contributed by atoms with Crippen molar-refractivity contribution < 1.29 is 27.4 Å². The molecule has 0 saturated carbocycles. The highest BCUT2D eigenvalue weighted by Gasteiger charge is 2.47. The zero-order valence-electron chi connectivity index (χ0n) is 17.1. The van der Waals surface area contributed by atoms with Gasteiger partial charge in [-0.25, -0.2) is 14.4 Å². The molecule has 1 atom stereocenters. The summed E-state index contributed by atoms with van der Waals surface area (Å²) in [4.78, 5) is 12.3. The molecule has 2 aromatic heterocycles. The van der Waals surface area contributed by atoms with Crippen molar-refractivity contribution in [2.75, 3.05) is 0 Å². The van der Waals surface area contributed by atoms with E-state index in [4.69, 9.17) is 0 Å². The summed E-state index contributed by atoms with van der Waals surface area (Å²) in [5.41, 5.74) is -1.01. The van der Waals surface area contributed by atoms with Crippen molar-refractivity contribution in [1.82, 2.24) is 15.0 Å². The highest BCUT2D eigenvalue weighted by Crippen LogP contribution is 2.46. The molecule has 0 fully saturated rings. The van der Waals surface area contributed by atoms with Crippen LogP contribution in [0.3, 0.4) is 0 Å². The van der Waals surface area contributed by atoms with Gasteiger partial charge < -0.3 is 9.84 Å². The summed E-state index contributed by atoms with van der Waals surface area (Å²) >= 11 is 0. The fourth-order valence-electron chi connectivity index (χ4n) is 3.32. The van der Waals surface area contributed by atoms with Gasteiger partial charge in [0.05, 0.1) is 5.69 Å². The molecule has 0 amide bonds. The third kappa shape index (κ3) is 4.51. The molecule has 9 heteroatoms. The maximum absolute atomic E-state index is 14.4. The van der Waals surface area contributed by atoms with Crippen LogP contribution >= 0.6 is 0 Å². The van der Waals surface area contributed by atoms with Crippen LogP contribution in [0, 0.1) is 11.2 Å². The standard InChI is InChI=1S/C22H21F4N3O2/c1-4-20(2,3)21(30,15-11-27-13-28-12-15)19-8-5-14(10-29-19)17-7-6-16(9-18(17)23)31-22(24,25)26/h5-13,30H,4H2,1-3H3. The Labute approximate surface area is 176 Å². The number of pyridine rings is 1. The molecule has 1 N–H and O–H groups in total. The number of halogens is 4. The van der Waals surface area contributed by atoms with E-state index in [2.05, 4.69) is 19.7 Å². The van der Waals surface area contributed by atoms with Gasteiger partial charge in [0.2, 0.25) is 0 Å². The van der Waals surface area contributed by atoms with Gasteiger partial charge in [0, 0.05) is 46.8 Å². The van der Waals surface area contributed by atoms with Crippen LogP contribution in [-0.4, -0.2) is 26.4 Å². The molecule has 0 radical (unpaired) electrons. The first kappa shape index (κ1) is 22.6. The number of ether oxygens (including phenoxy) is 1. The van der Waals surface area contributed by atoms with Crippen molar-refractivity contribution in [3.63, 3.8) is 0 Å². The third-order valence-corrected chi connectivity index (χ3v) is 5.46. The normalized spacial score (nSPS) is 14.2. The average molecular weight is 435 g/mol. The first-order chi connectivity index (χ1) is 14.5. The molecule has 1 unspecified atom stereocenters. The Morgan fingerprint density at radius 2 is 1.68 bits per heavy atom. The Kier molecular flexibility index (Phi) is 6.00. The summed E-state index contributed by atoms with van der Waals surface area (Å²) < 4.78 is 55.1. The first-order valence-electron chi connectivity index (χ1n) is 9.48. The molecular formula is C22H21F4N3O2. The SMILES string of the molecule is CCC(C)(C)C(O)(c1cncnc1)c1ccc(-c2ccc(OC(F)(F)F)cc2F)cn1. The molecule has 3 rings (SSSR count). The van der Waals surface area contributed by atoms with E-state index in [1.54, 1.807) is 12.1 Å². The fourth-order valence-corrected chi connectivity index (χ4v) is 3.32. The van der Waals surface area contributed by atoms with Crippen LogP contribution in [0.5, 0.6) is 5.75 Å². The minimum absolute atomic E-state index is 0.0508. The number of nitrogens with zero attached hydrogens (tertiary/aromatic N) is 3. The predicted octanol–water partition coefficient (Wildman–Crippen LogP) is 5.25. The van der Waals surface area contributed by atoms with Gasteiger partial charge in [-0.05, 0) is 24.6 Å². The van der Waals surface area contributed by atoms with Crippen molar-refractivity contribution in [2.24, 2.45) is 5.41 Å². The molecule has 0 aliphatic rings. The van der Waals surface area contributed by atoms with Gasteiger partial charge in [0.15, 0.2) is 0 Å². The molecule has 3 aromatic rings. The molecule has 0 aliphatic heterocycles. The lowest BCUT2D eigenvalue weighted by atomic mass is 9.68. The molecule has 2 heterocycles.